The highest BCUT2D eigenvalue weighted by atomic mass is 16.5. The second-order valence-electron chi connectivity index (χ2n) is 4.98. The summed E-state index contributed by atoms with van der Waals surface area (Å²) in [5.74, 6) is 0.595. The normalized spacial score (nSPS) is 13.5. The molecule has 0 aliphatic carbocycles. The molecule has 77 valence electrons. The Morgan fingerprint density at radius 1 is 1.23 bits per heavy atom. The summed E-state index contributed by atoms with van der Waals surface area (Å²) >= 11 is 0. The fourth-order valence-corrected chi connectivity index (χ4v) is 0.593. The van der Waals surface area contributed by atoms with Gasteiger partial charge in [0.2, 0.25) is 0 Å². The van der Waals surface area contributed by atoms with E-state index in [4.69, 9.17) is 4.65 Å². The maximum Gasteiger partial charge on any atom is 0.293 e. The Labute approximate surface area is 83.0 Å². The van der Waals surface area contributed by atoms with Crippen molar-refractivity contribution in [1.82, 2.24) is 0 Å². The maximum atomic E-state index is 9.77. The van der Waals surface area contributed by atoms with Crippen LogP contribution in [0.1, 0.15) is 41.5 Å². The zero-order chi connectivity index (χ0) is 10.7. The van der Waals surface area contributed by atoms with Crippen LogP contribution in [0.3, 0.4) is 0 Å². The molecule has 0 saturated heterocycles. The van der Waals surface area contributed by atoms with Gasteiger partial charge in [0, 0.05) is 0 Å². The predicted molar refractivity (Wildman–Crippen MR) is 56.9 cm³/mol. The fourth-order valence-electron chi connectivity index (χ4n) is 0.593. The van der Waals surface area contributed by atoms with Crippen LogP contribution in [0.15, 0.2) is 0 Å². The summed E-state index contributed by atoms with van der Waals surface area (Å²) in [5.41, 5.74) is -1.34. The van der Waals surface area contributed by atoms with E-state index in [1.54, 1.807) is 21.3 Å². The van der Waals surface area contributed by atoms with Gasteiger partial charge in [-0.25, -0.2) is 0 Å². The monoisotopic (exact) mass is 185 g/mol. The fraction of sp³-hybridized carbons (Fsp3) is 1.00. The van der Waals surface area contributed by atoms with Gasteiger partial charge >= 0.3 is 0 Å². The van der Waals surface area contributed by atoms with E-state index in [1.807, 2.05) is 13.8 Å². The highest BCUT2D eigenvalue weighted by Gasteiger charge is 2.35. The summed E-state index contributed by atoms with van der Waals surface area (Å²) in [7, 11) is 1.79. The molecule has 0 aromatic heterocycles. The van der Waals surface area contributed by atoms with Gasteiger partial charge in [0.1, 0.15) is 0 Å². The van der Waals surface area contributed by atoms with Crippen molar-refractivity contribution in [2.75, 3.05) is 0 Å². The second-order valence-corrected chi connectivity index (χ2v) is 4.98. The van der Waals surface area contributed by atoms with Crippen LogP contribution < -0.4 is 0 Å². The molecule has 2 nitrogen and oxygen atoms in total. The van der Waals surface area contributed by atoms with E-state index in [0.29, 0.717) is 5.92 Å². The third-order valence-corrected chi connectivity index (χ3v) is 2.42. The largest absolute Gasteiger partial charge is 0.433 e. The highest BCUT2D eigenvalue weighted by Crippen LogP contribution is 2.24. The summed E-state index contributed by atoms with van der Waals surface area (Å²) in [6.07, 6.45) is 0.916. The van der Waals surface area contributed by atoms with Gasteiger partial charge in [-0.1, -0.05) is 19.8 Å². The van der Waals surface area contributed by atoms with Crippen LogP contribution in [0.25, 0.3) is 0 Å². The van der Waals surface area contributed by atoms with Gasteiger partial charge in [-0.05, 0) is 34.0 Å². The lowest BCUT2D eigenvalue weighted by Crippen LogP contribution is -2.48. The van der Waals surface area contributed by atoms with Crippen LogP contribution in [-0.4, -0.2) is 23.8 Å². The summed E-state index contributed by atoms with van der Waals surface area (Å²) in [4.78, 5) is 0. The van der Waals surface area contributed by atoms with Crippen LogP contribution in [0.2, 0.25) is 6.32 Å². The Morgan fingerprint density at radius 2 is 1.69 bits per heavy atom. The lowest BCUT2D eigenvalue weighted by atomic mass is 9.82. The van der Waals surface area contributed by atoms with Gasteiger partial charge in [0.05, 0.1) is 11.2 Å². The van der Waals surface area contributed by atoms with Crippen molar-refractivity contribution in [1.29, 1.82) is 0 Å². The Morgan fingerprint density at radius 3 is 2.00 bits per heavy atom. The summed E-state index contributed by atoms with van der Waals surface area (Å²) in [6, 6.07) is 0. The first-order chi connectivity index (χ1) is 5.67. The average Bonchev–Trinajstić information content (AvgIpc) is 1.82. The Kier molecular flexibility index (Phi) is 4.47. The van der Waals surface area contributed by atoms with Crippen LogP contribution in [0, 0.1) is 5.92 Å². The minimum absolute atomic E-state index is 0.526. The van der Waals surface area contributed by atoms with E-state index >= 15 is 0 Å². The third kappa shape index (κ3) is 4.68. The minimum atomic E-state index is -0.819. The van der Waals surface area contributed by atoms with Crippen LogP contribution in [0.4, 0.5) is 0 Å². The molecule has 0 aromatic carbocycles. The lowest BCUT2D eigenvalue weighted by Gasteiger charge is -2.37. The average molecular weight is 185 g/mol. The number of aliphatic hydroxyl groups is 1. The molecule has 0 aromatic rings. The third-order valence-electron chi connectivity index (χ3n) is 2.42. The van der Waals surface area contributed by atoms with Crippen molar-refractivity contribution in [2.45, 2.75) is 59.1 Å². The Hall–Kier alpha value is -0.0151. The first kappa shape index (κ1) is 13.0. The Bertz CT molecular complexity index is 147. The zero-order valence-corrected chi connectivity index (χ0v) is 9.72. The molecule has 0 saturated carbocycles. The molecule has 0 aliphatic rings. The molecule has 0 atom stereocenters. The van der Waals surface area contributed by atoms with Gasteiger partial charge in [-0.3, -0.25) is 0 Å². The zero-order valence-electron chi connectivity index (χ0n) is 9.72. The summed E-state index contributed by atoms with van der Waals surface area (Å²) < 4.78 is 5.53. The van der Waals surface area contributed by atoms with Crippen LogP contribution in [-0.2, 0) is 4.65 Å². The maximum absolute atomic E-state index is 9.77. The van der Waals surface area contributed by atoms with Crippen molar-refractivity contribution in [2.24, 2.45) is 5.92 Å². The Balaban J connectivity index is 3.90. The molecule has 0 bridgehead atoms. The van der Waals surface area contributed by atoms with E-state index in [2.05, 4.69) is 13.8 Å². The van der Waals surface area contributed by atoms with Gasteiger partial charge < -0.3 is 9.76 Å². The molecule has 0 amide bonds. The van der Waals surface area contributed by atoms with Gasteiger partial charge in [0.25, 0.3) is 7.48 Å². The first-order valence-electron chi connectivity index (χ1n) is 4.88. The second kappa shape index (κ2) is 4.47. The van der Waals surface area contributed by atoms with Crippen LogP contribution in [0.5, 0.6) is 0 Å². The van der Waals surface area contributed by atoms with Crippen molar-refractivity contribution in [3.8, 4) is 0 Å². The standard InChI is InChI=1S/C10H22BO2/c1-8(2)7-11-13-10(5,6)9(3,4)12/h8,12H,7H2,1-6H3. The number of hydrogen-bond acceptors (Lipinski definition) is 2. The summed E-state index contributed by atoms with van der Waals surface area (Å²) in [5, 5.41) is 9.77. The molecule has 0 spiro atoms. The van der Waals surface area contributed by atoms with Crippen molar-refractivity contribution >= 4 is 7.48 Å². The van der Waals surface area contributed by atoms with Crippen LogP contribution >= 0.6 is 0 Å². The van der Waals surface area contributed by atoms with E-state index in [9.17, 15) is 5.11 Å². The quantitative estimate of drug-likeness (QED) is 0.665. The number of hydrogen-bond donors (Lipinski definition) is 1. The molecule has 0 unspecified atom stereocenters. The predicted octanol–water partition coefficient (Wildman–Crippen LogP) is 2.25. The first-order valence-corrected chi connectivity index (χ1v) is 4.88. The number of rotatable bonds is 5. The van der Waals surface area contributed by atoms with Crippen molar-refractivity contribution < 1.29 is 9.76 Å². The molecule has 0 aliphatic heterocycles. The van der Waals surface area contributed by atoms with Crippen molar-refractivity contribution in [3.05, 3.63) is 0 Å². The SMILES string of the molecule is CC(C)C[B]OC(C)(C)C(C)(C)O. The molecule has 3 heteroatoms. The molecule has 1 N–H and O–H groups in total. The molecule has 0 fully saturated rings. The molecule has 13 heavy (non-hydrogen) atoms. The molecular weight excluding hydrogens is 163 g/mol. The smallest absolute Gasteiger partial charge is 0.293 e. The molecule has 0 heterocycles. The molecule has 1 radical (unpaired) electrons. The molecular formula is C10H22BO2. The lowest BCUT2D eigenvalue weighted by molar-refractivity contribution is -0.0905. The van der Waals surface area contributed by atoms with E-state index in [0.717, 1.165) is 6.32 Å². The summed E-state index contributed by atoms with van der Waals surface area (Å²) in [6.45, 7) is 11.6. The highest BCUT2D eigenvalue weighted by molar-refractivity contribution is 6.27. The van der Waals surface area contributed by atoms with E-state index in [1.165, 1.54) is 0 Å². The molecule has 0 rings (SSSR count). The van der Waals surface area contributed by atoms with Crippen molar-refractivity contribution in [3.63, 3.8) is 0 Å². The van der Waals surface area contributed by atoms with E-state index in [-0.39, 0.29) is 0 Å². The minimum Gasteiger partial charge on any atom is -0.433 e. The van der Waals surface area contributed by atoms with Gasteiger partial charge in [0.15, 0.2) is 0 Å². The topological polar surface area (TPSA) is 29.5 Å². The van der Waals surface area contributed by atoms with Gasteiger partial charge in [-0.15, -0.1) is 0 Å². The van der Waals surface area contributed by atoms with E-state index < -0.39 is 11.2 Å². The van der Waals surface area contributed by atoms with Gasteiger partial charge in [-0.2, -0.15) is 0 Å².